The van der Waals surface area contributed by atoms with Crippen LogP contribution >= 0.6 is 15.6 Å². The fourth-order valence-corrected chi connectivity index (χ4v) is 13.1. The van der Waals surface area contributed by atoms with Crippen LogP contribution in [0.25, 0.3) is 0 Å². The van der Waals surface area contributed by atoms with E-state index in [2.05, 4.69) is 113 Å². The van der Waals surface area contributed by atoms with Crippen LogP contribution in [0.1, 0.15) is 374 Å². The third-order valence-electron chi connectivity index (χ3n) is 17.8. The second-order valence-electron chi connectivity index (χ2n) is 28.0. The van der Waals surface area contributed by atoms with Crippen LogP contribution in [0.3, 0.4) is 0 Å². The second kappa shape index (κ2) is 77.4. The van der Waals surface area contributed by atoms with Crippen molar-refractivity contribution >= 4 is 39.5 Å². The van der Waals surface area contributed by atoms with E-state index in [0.29, 0.717) is 25.7 Å². The van der Waals surface area contributed by atoms with E-state index in [1.54, 1.807) is 0 Å². The lowest BCUT2D eigenvalue weighted by Crippen LogP contribution is -2.30. The molecule has 0 aromatic rings. The number of phosphoric acid groups is 2. The van der Waals surface area contributed by atoms with Crippen LogP contribution in [0.15, 0.2) is 85.1 Å². The molecule has 0 bridgehead atoms. The minimum atomic E-state index is -4.99. The maximum atomic E-state index is 13.1. The standard InChI is InChI=1S/C85H152O17P2/c1-5-9-13-17-21-25-29-33-37-38-39-40-44-48-52-56-60-64-68-72-85(90)102-81(76-96-83(88)70-66-62-58-54-50-46-42-35-31-27-23-19-15-11-7-3)78-100-104(93,94)98-74-79(86)73-97-103(91,92)99-77-80(101-84(89)71-67-63-59-55-51-47-43-36-32-28-24-20-16-12-8-4)75-95-82(87)69-65-61-57-53-49-45-41-34-30-26-22-18-14-10-6-2/h9,13,21,25,27,31,33,36-37,39-40,43,48,52,79-81,86H,5-8,10-12,14-20,22-24,26,28-30,32,34-35,38,41-42,44-47,49-51,53-78H2,1-4H3,(H,91,92)(H,93,94)/b13-9-,25-21-,31-27-,37-33-,40-39-,43-36-,52-48-/t79-,80+,81+/m0/s1. The molecule has 0 rings (SSSR count). The molecule has 0 aliphatic rings. The van der Waals surface area contributed by atoms with Gasteiger partial charge in [-0.15, -0.1) is 0 Å². The normalized spacial score (nSPS) is 14.3. The number of hydrogen-bond donors (Lipinski definition) is 3. The monoisotopic (exact) mass is 1510 g/mol. The van der Waals surface area contributed by atoms with Gasteiger partial charge in [-0.25, -0.2) is 9.13 Å². The Hall–Kier alpha value is -3.76. The lowest BCUT2D eigenvalue weighted by Gasteiger charge is -2.21. The fourth-order valence-electron chi connectivity index (χ4n) is 11.5. The Morgan fingerprint density at radius 1 is 0.279 bits per heavy atom. The summed E-state index contributed by atoms with van der Waals surface area (Å²) in [4.78, 5) is 73.1. The molecule has 0 spiro atoms. The van der Waals surface area contributed by atoms with Crippen LogP contribution in [0.5, 0.6) is 0 Å². The molecule has 0 radical (unpaired) electrons. The zero-order valence-electron chi connectivity index (χ0n) is 66.2. The summed E-state index contributed by atoms with van der Waals surface area (Å²) < 4.78 is 68.7. The molecule has 104 heavy (non-hydrogen) atoms. The van der Waals surface area contributed by atoms with E-state index in [9.17, 15) is 43.2 Å². The van der Waals surface area contributed by atoms with Crippen molar-refractivity contribution in [3.05, 3.63) is 85.1 Å². The van der Waals surface area contributed by atoms with E-state index < -0.39 is 97.5 Å². The summed E-state index contributed by atoms with van der Waals surface area (Å²) in [5.41, 5.74) is 0. The van der Waals surface area contributed by atoms with Crippen molar-refractivity contribution < 1.29 is 80.2 Å². The van der Waals surface area contributed by atoms with Crippen molar-refractivity contribution in [3.8, 4) is 0 Å². The largest absolute Gasteiger partial charge is 0.472 e. The number of aliphatic hydroxyl groups is 1. The van der Waals surface area contributed by atoms with Gasteiger partial charge in [0.05, 0.1) is 26.4 Å². The van der Waals surface area contributed by atoms with Gasteiger partial charge in [-0.2, -0.15) is 0 Å². The number of hydrogen-bond acceptors (Lipinski definition) is 15. The van der Waals surface area contributed by atoms with Crippen molar-refractivity contribution in [1.29, 1.82) is 0 Å². The lowest BCUT2D eigenvalue weighted by atomic mass is 10.0. The van der Waals surface area contributed by atoms with E-state index in [0.717, 1.165) is 148 Å². The third-order valence-corrected chi connectivity index (χ3v) is 19.7. The van der Waals surface area contributed by atoms with Crippen LogP contribution in [0.2, 0.25) is 0 Å². The quantitative estimate of drug-likeness (QED) is 0.0169. The molecule has 0 aromatic heterocycles. The maximum Gasteiger partial charge on any atom is 0.472 e. The molecule has 0 amide bonds. The number of phosphoric ester groups is 2. The van der Waals surface area contributed by atoms with Crippen LogP contribution in [-0.2, 0) is 65.4 Å². The molecule has 0 saturated heterocycles. The molecule has 3 N–H and O–H groups in total. The summed E-state index contributed by atoms with van der Waals surface area (Å²) in [7, 11) is -9.96. The van der Waals surface area contributed by atoms with Gasteiger partial charge in [-0.05, 0) is 122 Å². The Morgan fingerprint density at radius 3 is 0.798 bits per heavy atom. The summed E-state index contributed by atoms with van der Waals surface area (Å²) in [5.74, 6) is -2.20. The van der Waals surface area contributed by atoms with Crippen molar-refractivity contribution in [1.82, 2.24) is 0 Å². The molecule has 5 atom stereocenters. The van der Waals surface area contributed by atoms with Gasteiger partial charge in [-0.3, -0.25) is 37.3 Å². The van der Waals surface area contributed by atoms with E-state index in [1.165, 1.54) is 148 Å². The molecular formula is C85H152O17P2. The highest BCUT2D eigenvalue weighted by molar-refractivity contribution is 7.47. The molecule has 0 heterocycles. The zero-order valence-corrected chi connectivity index (χ0v) is 68.0. The predicted octanol–water partition coefficient (Wildman–Crippen LogP) is 24.6. The number of allylic oxidation sites excluding steroid dienone is 14. The molecular weight excluding hydrogens is 1350 g/mol. The van der Waals surface area contributed by atoms with Gasteiger partial charge in [0.15, 0.2) is 12.2 Å². The number of rotatable bonds is 79. The zero-order chi connectivity index (χ0) is 76.0. The topological polar surface area (TPSA) is 237 Å². The molecule has 17 nitrogen and oxygen atoms in total. The van der Waals surface area contributed by atoms with E-state index >= 15 is 0 Å². The number of aliphatic hydroxyl groups excluding tert-OH is 1. The molecule has 604 valence electrons. The smallest absolute Gasteiger partial charge is 0.462 e. The number of esters is 4. The molecule has 19 heteroatoms. The molecule has 0 aliphatic heterocycles. The average Bonchev–Trinajstić information content (AvgIpc) is 0.943. The number of ether oxygens (including phenoxy) is 4. The Labute approximate surface area is 634 Å². The molecule has 0 aliphatic carbocycles. The molecule has 0 aromatic carbocycles. The summed E-state index contributed by atoms with van der Waals surface area (Å²) in [6.07, 6.45) is 81.2. The van der Waals surface area contributed by atoms with Gasteiger partial charge in [0, 0.05) is 25.7 Å². The minimum Gasteiger partial charge on any atom is -0.462 e. The maximum absolute atomic E-state index is 13.1. The minimum absolute atomic E-state index is 0.0564. The lowest BCUT2D eigenvalue weighted by molar-refractivity contribution is -0.161. The van der Waals surface area contributed by atoms with Gasteiger partial charge in [-0.1, -0.05) is 312 Å². The van der Waals surface area contributed by atoms with Crippen molar-refractivity contribution in [3.63, 3.8) is 0 Å². The molecule has 0 fully saturated rings. The van der Waals surface area contributed by atoms with Crippen LogP contribution in [0.4, 0.5) is 0 Å². The first-order valence-corrected chi connectivity index (χ1v) is 44.8. The van der Waals surface area contributed by atoms with Crippen molar-refractivity contribution in [2.24, 2.45) is 0 Å². The van der Waals surface area contributed by atoms with Gasteiger partial charge in [0.25, 0.3) is 0 Å². The molecule has 0 saturated carbocycles. The van der Waals surface area contributed by atoms with E-state index in [4.69, 9.17) is 37.0 Å². The predicted molar refractivity (Wildman–Crippen MR) is 427 cm³/mol. The van der Waals surface area contributed by atoms with E-state index in [-0.39, 0.29) is 25.7 Å². The van der Waals surface area contributed by atoms with E-state index in [1.807, 2.05) is 0 Å². The average molecular weight is 1510 g/mol. The third kappa shape index (κ3) is 76.4. The van der Waals surface area contributed by atoms with Crippen molar-refractivity contribution in [2.75, 3.05) is 39.6 Å². The Kier molecular flexibility index (Phi) is 74.6. The van der Waals surface area contributed by atoms with Crippen LogP contribution in [-0.4, -0.2) is 96.7 Å². The number of unbranched alkanes of at least 4 members (excludes halogenated alkanes) is 39. The molecule has 2 unspecified atom stereocenters. The SMILES string of the molecule is CC/C=C\C/C=C\C/C=C\C/C=C\C/C=C\CCCCCC(=O)O[C@H](COC(=O)CCCCCCCCC/C=C\CCCCCC)COP(=O)(O)OC[C@@H](O)COP(=O)(O)OC[C@@H](COC(=O)CCCCCCCCCCCCCCCCC)OC(=O)CCCCCCC/C=C\CCCCCCCC. The van der Waals surface area contributed by atoms with Gasteiger partial charge < -0.3 is 33.8 Å². The highest BCUT2D eigenvalue weighted by atomic mass is 31.2. The Bertz CT molecular complexity index is 2300. The first-order chi connectivity index (χ1) is 50.7. The second-order valence-corrected chi connectivity index (χ2v) is 30.9. The highest BCUT2D eigenvalue weighted by Gasteiger charge is 2.30. The van der Waals surface area contributed by atoms with Gasteiger partial charge in [0.2, 0.25) is 0 Å². The number of carbonyl (C=O) groups is 4. The van der Waals surface area contributed by atoms with Crippen LogP contribution in [0, 0.1) is 0 Å². The first-order valence-electron chi connectivity index (χ1n) is 41.8. The first kappa shape index (κ1) is 100. The number of carbonyl (C=O) groups excluding carboxylic acids is 4. The summed E-state index contributed by atoms with van der Waals surface area (Å²) in [6.45, 7) is 4.77. The van der Waals surface area contributed by atoms with Crippen molar-refractivity contribution in [2.45, 2.75) is 393 Å². The van der Waals surface area contributed by atoms with Crippen LogP contribution < -0.4 is 0 Å². The summed E-state index contributed by atoms with van der Waals surface area (Å²) in [6, 6.07) is 0. The van der Waals surface area contributed by atoms with Gasteiger partial charge in [0.1, 0.15) is 19.3 Å². The Balaban J connectivity index is 5.38. The summed E-state index contributed by atoms with van der Waals surface area (Å²) >= 11 is 0. The highest BCUT2D eigenvalue weighted by Crippen LogP contribution is 2.45. The Morgan fingerprint density at radius 2 is 0.500 bits per heavy atom. The fraction of sp³-hybridized carbons (Fsp3) is 0.788. The summed E-state index contributed by atoms with van der Waals surface area (Å²) in [5, 5.41) is 10.7. The van der Waals surface area contributed by atoms with Gasteiger partial charge >= 0.3 is 39.5 Å².